The minimum absolute atomic E-state index is 0.0156. The molecule has 0 saturated carbocycles. The molecule has 0 unspecified atom stereocenters. The van der Waals surface area contributed by atoms with E-state index in [1.54, 1.807) is 18.2 Å². The molecule has 0 bridgehead atoms. The van der Waals surface area contributed by atoms with E-state index >= 15 is 0 Å². The van der Waals surface area contributed by atoms with Gasteiger partial charge in [-0.1, -0.05) is 85.6 Å². The first-order valence-corrected chi connectivity index (χ1v) is 17.0. The molecule has 0 fully saturated rings. The monoisotopic (exact) mass is 645 g/mol. The second kappa shape index (κ2) is 15.6. The van der Waals surface area contributed by atoms with Gasteiger partial charge in [-0.25, -0.2) is 8.42 Å². The number of nitrogens with one attached hydrogen (secondary N) is 1. The first kappa shape index (κ1) is 34.4. The predicted octanol–water partition coefficient (Wildman–Crippen LogP) is 6.57. The molecule has 0 radical (unpaired) electrons. The van der Waals surface area contributed by atoms with Crippen LogP contribution in [0.5, 0.6) is 0 Å². The highest BCUT2D eigenvalue weighted by molar-refractivity contribution is 7.92. The number of carbonyl (C=O) groups excluding carboxylic acids is 2. The van der Waals surface area contributed by atoms with Crippen molar-refractivity contribution in [3.05, 3.63) is 99.0 Å². The topological polar surface area (TPSA) is 86.8 Å². The van der Waals surface area contributed by atoms with E-state index < -0.39 is 16.1 Å². The van der Waals surface area contributed by atoms with Gasteiger partial charge in [0.1, 0.15) is 6.04 Å². The van der Waals surface area contributed by atoms with Crippen molar-refractivity contribution in [2.45, 2.75) is 59.5 Å². The summed E-state index contributed by atoms with van der Waals surface area (Å²) in [6.07, 6.45) is 1.72. The van der Waals surface area contributed by atoms with E-state index in [2.05, 4.69) is 5.32 Å². The van der Waals surface area contributed by atoms with Crippen molar-refractivity contribution in [1.29, 1.82) is 0 Å². The summed E-state index contributed by atoms with van der Waals surface area (Å²) < 4.78 is 26.9. The highest BCUT2D eigenvalue weighted by Gasteiger charge is 2.31. The molecule has 0 spiro atoms. The van der Waals surface area contributed by atoms with E-state index in [0.29, 0.717) is 27.8 Å². The van der Waals surface area contributed by atoms with Crippen LogP contribution in [0.15, 0.2) is 66.7 Å². The molecule has 2 amide bonds. The van der Waals surface area contributed by atoms with Gasteiger partial charge in [0.25, 0.3) is 0 Å². The maximum Gasteiger partial charge on any atom is 0.243 e. The lowest BCUT2D eigenvalue weighted by Crippen LogP contribution is -2.51. The molecule has 3 aromatic carbocycles. The Balaban J connectivity index is 1.94. The standard InChI is InChI=1S/C33H41Cl2N3O4S/c1-23(2)21-36-33(40)31(20-26-11-7-6-8-12-26)37(22-27-28(34)13-9-14-29(27)35)32(39)15-10-18-38(43(5,41)42)30-19-24(3)16-17-25(30)4/h6-9,11-14,16-17,19,23,31H,10,15,18,20-22H2,1-5H3,(H,36,40)/t31-/m1/s1. The molecule has 7 nitrogen and oxygen atoms in total. The van der Waals surface area contributed by atoms with Gasteiger partial charge in [0.2, 0.25) is 21.8 Å². The molecule has 0 aromatic heterocycles. The van der Waals surface area contributed by atoms with Crippen LogP contribution in [-0.2, 0) is 32.6 Å². The smallest absolute Gasteiger partial charge is 0.243 e. The molecule has 0 heterocycles. The molecule has 0 aliphatic heterocycles. The molecule has 3 aromatic rings. The fourth-order valence-corrected chi connectivity index (χ4v) is 6.33. The van der Waals surface area contributed by atoms with Gasteiger partial charge in [0.05, 0.1) is 11.9 Å². The van der Waals surface area contributed by atoms with Gasteiger partial charge >= 0.3 is 0 Å². The van der Waals surface area contributed by atoms with Crippen LogP contribution in [0.2, 0.25) is 10.0 Å². The Morgan fingerprint density at radius 2 is 1.58 bits per heavy atom. The van der Waals surface area contributed by atoms with Crippen molar-refractivity contribution in [1.82, 2.24) is 10.2 Å². The fraction of sp³-hybridized carbons (Fsp3) is 0.394. The van der Waals surface area contributed by atoms with Crippen molar-refractivity contribution in [3.8, 4) is 0 Å². The number of hydrogen-bond donors (Lipinski definition) is 1. The maximum absolute atomic E-state index is 14.0. The van der Waals surface area contributed by atoms with Crippen molar-refractivity contribution < 1.29 is 18.0 Å². The first-order chi connectivity index (χ1) is 20.3. The summed E-state index contributed by atoms with van der Waals surface area (Å²) in [4.78, 5) is 29.2. The SMILES string of the molecule is Cc1ccc(C)c(N(CCCC(=O)N(Cc2c(Cl)cccc2Cl)[C@H](Cc2ccccc2)C(=O)NCC(C)C)S(C)(=O)=O)c1. The highest BCUT2D eigenvalue weighted by Crippen LogP contribution is 2.28. The number of rotatable bonds is 14. The fourth-order valence-electron chi connectivity index (χ4n) is 4.80. The quantitative estimate of drug-likeness (QED) is 0.215. The molecule has 1 atom stereocenters. The zero-order valence-electron chi connectivity index (χ0n) is 25.4. The van der Waals surface area contributed by atoms with Crippen molar-refractivity contribution in [2.24, 2.45) is 5.92 Å². The number of aryl methyl sites for hydroxylation is 2. The minimum Gasteiger partial charge on any atom is -0.354 e. The summed E-state index contributed by atoms with van der Waals surface area (Å²) in [5.74, 6) is -0.358. The third kappa shape index (κ3) is 9.98. The van der Waals surface area contributed by atoms with E-state index in [-0.39, 0.29) is 50.1 Å². The number of halogens is 2. The van der Waals surface area contributed by atoms with Gasteiger partial charge in [0.15, 0.2) is 0 Å². The van der Waals surface area contributed by atoms with Crippen LogP contribution in [-0.4, -0.2) is 50.5 Å². The lowest BCUT2D eigenvalue weighted by Gasteiger charge is -2.32. The highest BCUT2D eigenvalue weighted by atomic mass is 35.5. The number of carbonyl (C=O) groups is 2. The normalized spacial score (nSPS) is 12.2. The molecular weight excluding hydrogens is 605 g/mol. The number of nitrogens with zero attached hydrogens (tertiary/aromatic N) is 2. The van der Waals surface area contributed by atoms with Gasteiger partial charge in [0, 0.05) is 48.1 Å². The van der Waals surface area contributed by atoms with Crippen molar-refractivity contribution >= 4 is 50.7 Å². The van der Waals surface area contributed by atoms with Crippen LogP contribution < -0.4 is 9.62 Å². The first-order valence-electron chi connectivity index (χ1n) is 14.4. The number of anilines is 1. The van der Waals surface area contributed by atoms with Crippen molar-refractivity contribution in [3.63, 3.8) is 0 Å². The van der Waals surface area contributed by atoms with Gasteiger partial charge in [-0.3, -0.25) is 13.9 Å². The molecule has 0 saturated heterocycles. The largest absolute Gasteiger partial charge is 0.354 e. The Morgan fingerprint density at radius 1 is 0.930 bits per heavy atom. The van der Waals surface area contributed by atoms with Crippen LogP contribution in [0.25, 0.3) is 0 Å². The van der Waals surface area contributed by atoms with Gasteiger partial charge < -0.3 is 10.2 Å². The zero-order chi connectivity index (χ0) is 31.7. The Bertz CT molecular complexity index is 1490. The minimum atomic E-state index is -3.61. The zero-order valence-corrected chi connectivity index (χ0v) is 27.8. The van der Waals surface area contributed by atoms with E-state index in [1.165, 1.54) is 9.21 Å². The second-order valence-electron chi connectivity index (χ2n) is 11.3. The number of hydrogen-bond acceptors (Lipinski definition) is 4. The summed E-state index contributed by atoms with van der Waals surface area (Å²) in [7, 11) is -3.61. The van der Waals surface area contributed by atoms with E-state index in [9.17, 15) is 18.0 Å². The Hall–Kier alpha value is -3.07. The van der Waals surface area contributed by atoms with Crippen LogP contribution >= 0.6 is 23.2 Å². The number of amides is 2. The van der Waals surface area contributed by atoms with Crippen LogP contribution in [0.4, 0.5) is 5.69 Å². The third-order valence-electron chi connectivity index (χ3n) is 7.13. The average Bonchev–Trinajstić information content (AvgIpc) is 2.94. The van der Waals surface area contributed by atoms with E-state index in [4.69, 9.17) is 23.2 Å². The predicted molar refractivity (Wildman–Crippen MR) is 176 cm³/mol. The molecule has 3 rings (SSSR count). The van der Waals surface area contributed by atoms with Gasteiger partial charge in [-0.05, 0) is 61.1 Å². The Kier molecular flexibility index (Phi) is 12.5. The number of benzene rings is 3. The van der Waals surface area contributed by atoms with E-state index in [0.717, 1.165) is 22.9 Å². The molecule has 232 valence electrons. The molecule has 0 aliphatic rings. The third-order valence-corrected chi connectivity index (χ3v) is 9.02. The van der Waals surface area contributed by atoms with Crippen molar-refractivity contribution in [2.75, 3.05) is 23.7 Å². The van der Waals surface area contributed by atoms with Crippen LogP contribution in [0, 0.1) is 19.8 Å². The lowest BCUT2D eigenvalue weighted by atomic mass is 10.0. The second-order valence-corrected chi connectivity index (χ2v) is 14.0. The summed E-state index contributed by atoms with van der Waals surface area (Å²) in [5, 5.41) is 3.78. The average molecular weight is 647 g/mol. The number of sulfonamides is 1. The van der Waals surface area contributed by atoms with Gasteiger partial charge in [-0.15, -0.1) is 0 Å². The molecule has 10 heteroatoms. The molecule has 43 heavy (non-hydrogen) atoms. The van der Waals surface area contributed by atoms with Crippen LogP contribution in [0.3, 0.4) is 0 Å². The summed E-state index contributed by atoms with van der Waals surface area (Å²) in [6.45, 7) is 8.36. The summed E-state index contributed by atoms with van der Waals surface area (Å²) >= 11 is 13.0. The Labute approximate surface area is 266 Å². The molecular formula is C33H41Cl2N3O4S. The molecule has 1 N–H and O–H groups in total. The molecule has 0 aliphatic carbocycles. The summed E-state index contributed by atoms with van der Waals surface area (Å²) in [5.41, 5.74) is 3.78. The summed E-state index contributed by atoms with van der Waals surface area (Å²) in [6, 6.07) is 19.4. The van der Waals surface area contributed by atoms with Gasteiger partial charge in [-0.2, -0.15) is 0 Å². The van der Waals surface area contributed by atoms with Crippen LogP contribution in [0.1, 0.15) is 48.9 Å². The lowest BCUT2D eigenvalue weighted by molar-refractivity contribution is -0.141. The maximum atomic E-state index is 14.0. The van der Waals surface area contributed by atoms with E-state index in [1.807, 2.05) is 76.2 Å². The Morgan fingerprint density at radius 3 is 2.19 bits per heavy atom.